The van der Waals surface area contributed by atoms with E-state index in [1.54, 1.807) is 4.90 Å². The summed E-state index contributed by atoms with van der Waals surface area (Å²) in [5, 5.41) is 13.1. The molecule has 0 saturated carbocycles. The third-order valence-corrected chi connectivity index (χ3v) is 3.01. The number of nitrogens with zero attached hydrogens (tertiary/aromatic N) is 1. The first-order valence-corrected chi connectivity index (χ1v) is 6.63. The summed E-state index contributed by atoms with van der Waals surface area (Å²) in [4.78, 5) is 13.5. The number of rotatable bonds is 6. The lowest BCUT2D eigenvalue weighted by atomic mass is 10.2. The highest BCUT2D eigenvalue weighted by Crippen LogP contribution is 2.31. The van der Waals surface area contributed by atoms with Crippen LogP contribution in [0.25, 0.3) is 0 Å². The van der Waals surface area contributed by atoms with Gasteiger partial charge in [0.25, 0.3) is 5.91 Å². The van der Waals surface area contributed by atoms with Gasteiger partial charge in [-0.15, -0.1) is 0 Å². The van der Waals surface area contributed by atoms with Crippen molar-refractivity contribution in [3.05, 3.63) is 24.3 Å². The molecule has 0 aromatic heterocycles. The number of benzene rings is 1. The maximum atomic E-state index is 11.9. The number of amides is 1. The van der Waals surface area contributed by atoms with Crippen LogP contribution in [-0.2, 0) is 4.79 Å². The highest BCUT2D eigenvalue weighted by Gasteiger charge is 2.26. The molecule has 0 saturated heterocycles. The number of carbonyl (C=O) groups excluding carboxylic acids is 1. The van der Waals surface area contributed by atoms with Crippen LogP contribution in [0.1, 0.15) is 13.3 Å². The minimum atomic E-state index is -0.582. The minimum Gasteiger partial charge on any atom is -0.482 e. The molecule has 1 amide bonds. The lowest BCUT2D eigenvalue weighted by Crippen LogP contribution is -2.45. The summed E-state index contributed by atoms with van der Waals surface area (Å²) in [5.41, 5.74) is 0.730. The average Bonchev–Trinajstić information content (AvgIpc) is 2.42. The molecule has 1 aliphatic heterocycles. The largest absolute Gasteiger partial charge is 0.482 e. The van der Waals surface area contributed by atoms with Crippen molar-refractivity contribution >= 4 is 11.6 Å². The Balaban J connectivity index is 2.01. The SMILES string of the molecule is CCCNCC(O)CN1C(=O)COc2ccccc21. The molecule has 0 radical (unpaired) electrons. The van der Waals surface area contributed by atoms with Crippen molar-refractivity contribution in [2.75, 3.05) is 31.1 Å². The number of ether oxygens (including phenoxy) is 1. The molecule has 0 spiro atoms. The van der Waals surface area contributed by atoms with Gasteiger partial charge in [0.2, 0.25) is 0 Å². The molecule has 1 unspecified atom stereocenters. The van der Waals surface area contributed by atoms with Gasteiger partial charge in [-0.25, -0.2) is 0 Å². The summed E-state index contributed by atoms with van der Waals surface area (Å²) in [5.74, 6) is 0.573. The van der Waals surface area contributed by atoms with Crippen molar-refractivity contribution in [1.29, 1.82) is 0 Å². The van der Waals surface area contributed by atoms with Gasteiger partial charge in [0.1, 0.15) is 5.75 Å². The Morgan fingerprint density at radius 2 is 2.26 bits per heavy atom. The first-order valence-electron chi connectivity index (χ1n) is 6.63. The van der Waals surface area contributed by atoms with Crippen LogP contribution >= 0.6 is 0 Å². The van der Waals surface area contributed by atoms with Gasteiger partial charge in [-0.3, -0.25) is 4.79 Å². The predicted octanol–water partition coefficient (Wildman–Crippen LogP) is 0.773. The summed E-state index contributed by atoms with van der Waals surface area (Å²) >= 11 is 0. The number of nitrogens with one attached hydrogen (secondary N) is 1. The lowest BCUT2D eigenvalue weighted by molar-refractivity contribution is -0.121. The first-order chi connectivity index (χ1) is 9.22. The molecule has 5 nitrogen and oxygen atoms in total. The molecule has 2 rings (SSSR count). The van der Waals surface area contributed by atoms with Crippen LogP contribution in [0.2, 0.25) is 0 Å². The van der Waals surface area contributed by atoms with E-state index < -0.39 is 6.10 Å². The van der Waals surface area contributed by atoms with Gasteiger partial charge >= 0.3 is 0 Å². The number of aliphatic hydroxyl groups excluding tert-OH is 1. The van der Waals surface area contributed by atoms with E-state index in [0.29, 0.717) is 12.3 Å². The maximum absolute atomic E-state index is 11.9. The highest BCUT2D eigenvalue weighted by molar-refractivity contribution is 5.97. The summed E-state index contributed by atoms with van der Waals surface area (Å²) in [6, 6.07) is 7.39. The molecule has 104 valence electrons. The molecule has 1 atom stereocenters. The zero-order valence-corrected chi connectivity index (χ0v) is 11.1. The number of anilines is 1. The monoisotopic (exact) mass is 264 g/mol. The number of carbonyl (C=O) groups is 1. The van der Waals surface area contributed by atoms with Gasteiger partial charge in [0.05, 0.1) is 18.3 Å². The number of β-amino-alcohol motifs (C(OH)–C–C–N with tert-alkyl or cyclic N) is 1. The smallest absolute Gasteiger partial charge is 0.265 e. The van der Waals surface area contributed by atoms with Crippen molar-refractivity contribution in [2.24, 2.45) is 0 Å². The number of hydrogen-bond acceptors (Lipinski definition) is 4. The summed E-state index contributed by atoms with van der Waals surface area (Å²) in [6.45, 7) is 3.74. The van der Waals surface area contributed by atoms with Gasteiger partial charge in [-0.05, 0) is 25.1 Å². The zero-order valence-electron chi connectivity index (χ0n) is 11.1. The molecular formula is C14H20N2O3. The summed E-state index contributed by atoms with van der Waals surface area (Å²) in [6.07, 6.45) is 0.438. The van der Waals surface area contributed by atoms with Gasteiger partial charge in [-0.2, -0.15) is 0 Å². The molecule has 1 aliphatic rings. The Bertz CT molecular complexity index is 436. The topological polar surface area (TPSA) is 61.8 Å². The second-order valence-electron chi connectivity index (χ2n) is 4.62. The Hall–Kier alpha value is -1.59. The molecule has 1 aromatic rings. The number of hydrogen-bond donors (Lipinski definition) is 2. The molecule has 5 heteroatoms. The Morgan fingerprint density at radius 3 is 3.05 bits per heavy atom. The fraction of sp³-hybridized carbons (Fsp3) is 0.500. The molecule has 1 heterocycles. The second-order valence-corrected chi connectivity index (χ2v) is 4.62. The molecule has 19 heavy (non-hydrogen) atoms. The van der Waals surface area contributed by atoms with Crippen LogP contribution in [0.4, 0.5) is 5.69 Å². The summed E-state index contributed by atoms with van der Waals surface area (Å²) in [7, 11) is 0. The zero-order chi connectivity index (χ0) is 13.7. The van der Waals surface area contributed by atoms with Gasteiger partial charge in [0.15, 0.2) is 6.61 Å². The van der Waals surface area contributed by atoms with Crippen LogP contribution in [0, 0.1) is 0 Å². The molecule has 0 aliphatic carbocycles. The Morgan fingerprint density at radius 1 is 1.47 bits per heavy atom. The van der Waals surface area contributed by atoms with Gasteiger partial charge < -0.3 is 20.1 Å². The van der Waals surface area contributed by atoms with Crippen LogP contribution in [0.3, 0.4) is 0 Å². The van der Waals surface area contributed by atoms with Crippen LogP contribution in [-0.4, -0.2) is 43.4 Å². The Labute approximate surface area is 113 Å². The average molecular weight is 264 g/mol. The second kappa shape index (κ2) is 6.54. The van der Waals surface area contributed by atoms with Crippen molar-refractivity contribution < 1.29 is 14.6 Å². The molecular weight excluding hydrogens is 244 g/mol. The van der Waals surface area contributed by atoms with Crippen LogP contribution in [0.15, 0.2) is 24.3 Å². The maximum Gasteiger partial charge on any atom is 0.265 e. The van der Waals surface area contributed by atoms with E-state index in [1.807, 2.05) is 24.3 Å². The number of aliphatic hydroxyl groups is 1. The first kappa shape index (κ1) is 13.8. The van der Waals surface area contributed by atoms with Crippen molar-refractivity contribution in [1.82, 2.24) is 5.32 Å². The predicted molar refractivity (Wildman–Crippen MR) is 73.5 cm³/mol. The standard InChI is InChI=1S/C14H20N2O3/c1-2-7-15-8-11(17)9-16-12-5-3-4-6-13(12)19-10-14(16)18/h3-6,11,15,17H,2,7-10H2,1H3. The van der Waals surface area contributed by atoms with E-state index in [1.165, 1.54) is 0 Å². The van der Waals surface area contributed by atoms with Gasteiger partial charge in [-0.1, -0.05) is 19.1 Å². The normalized spacial score (nSPS) is 15.9. The third-order valence-electron chi connectivity index (χ3n) is 3.01. The molecule has 0 fully saturated rings. The quantitative estimate of drug-likeness (QED) is 0.745. The Kier molecular flexibility index (Phi) is 4.76. The molecule has 2 N–H and O–H groups in total. The van der Waals surface area contributed by atoms with Crippen molar-refractivity contribution in [3.63, 3.8) is 0 Å². The number of para-hydroxylation sites is 2. The van der Waals surface area contributed by atoms with E-state index in [2.05, 4.69) is 12.2 Å². The fourth-order valence-electron chi connectivity index (χ4n) is 2.07. The molecule has 0 bridgehead atoms. The van der Waals surface area contributed by atoms with Crippen molar-refractivity contribution in [2.45, 2.75) is 19.4 Å². The lowest BCUT2D eigenvalue weighted by Gasteiger charge is -2.30. The van der Waals surface area contributed by atoms with E-state index in [9.17, 15) is 9.90 Å². The van der Waals surface area contributed by atoms with Crippen LogP contribution in [0.5, 0.6) is 5.75 Å². The van der Waals surface area contributed by atoms with E-state index in [-0.39, 0.29) is 19.1 Å². The third kappa shape index (κ3) is 3.45. The number of fused-ring (bicyclic) bond motifs is 1. The summed E-state index contributed by atoms with van der Waals surface area (Å²) < 4.78 is 5.36. The fourth-order valence-corrected chi connectivity index (χ4v) is 2.07. The molecule has 1 aromatic carbocycles. The van der Waals surface area contributed by atoms with Crippen LogP contribution < -0.4 is 15.0 Å². The van der Waals surface area contributed by atoms with E-state index in [4.69, 9.17) is 4.74 Å². The van der Waals surface area contributed by atoms with E-state index in [0.717, 1.165) is 18.7 Å². The van der Waals surface area contributed by atoms with Gasteiger partial charge in [0, 0.05) is 6.54 Å². The van der Waals surface area contributed by atoms with E-state index >= 15 is 0 Å². The van der Waals surface area contributed by atoms with Crippen molar-refractivity contribution in [3.8, 4) is 5.75 Å². The highest BCUT2D eigenvalue weighted by atomic mass is 16.5. The minimum absolute atomic E-state index is 0.0339.